The van der Waals surface area contributed by atoms with Crippen LogP contribution in [0.5, 0.6) is 0 Å². The first-order valence-corrected chi connectivity index (χ1v) is 8.78. The van der Waals surface area contributed by atoms with E-state index in [0.717, 1.165) is 5.56 Å². The largest absolute Gasteiger partial charge is 0.395 e. The van der Waals surface area contributed by atoms with Gasteiger partial charge in [0.1, 0.15) is 0 Å². The van der Waals surface area contributed by atoms with Crippen LogP contribution >= 0.6 is 15.9 Å². The summed E-state index contributed by atoms with van der Waals surface area (Å²) in [5.41, 5.74) is 1.02. The van der Waals surface area contributed by atoms with Gasteiger partial charge in [-0.15, -0.1) is 0 Å². The SMILES string of the molecule is Cc1ccc(S(=O)(=O)N2CCN(CCO)CC2)c(Br)c1. The summed E-state index contributed by atoms with van der Waals surface area (Å²) in [6.07, 6.45) is 0. The highest BCUT2D eigenvalue weighted by Crippen LogP contribution is 2.26. The molecule has 2 rings (SSSR count). The molecule has 20 heavy (non-hydrogen) atoms. The molecule has 0 amide bonds. The van der Waals surface area contributed by atoms with Gasteiger partial charge in [-0.3, -0.25) is 4.90 Å². The van der Waals surface area contributed by atoms with Gasteiger partial charge in [0, 0.05) is 37.2 Å². The normalized spacial score (nSPS) is 18.4. The molecule has 0 radical (unpaired) electrons. The Morgan fingerprint density at radius 2 is 1.90 bits per heavy atom. The summed E-state index contributed by atoms with van der Waals surface area (Å²) in [6, 6.07) is 5.27. The molecule has 1 fully saturated rings. The van der Waals surface area contributed by atoms with Gasteiger partial charge in [0.2, 0.25) is 10.0 Å². The predicted octanol–water partition coefficient (Wildman–Crippen LogP) is 1.06. The van der Waals surface area contributed by atoms with Crippen molar-refractivity contribution in [2.75, 3.05) is 39.3 Å². The van der Waals surface area contributed by atoms with Crippen LogP contribution in [0, 0.1) is 6.92 Å². The topological polar surface area (TPSA) is 60.9 Å². The molecular weight excluding hydrogens is 344 g/mol. The monoisotopic (exact) mass is 362 g/mol. The van der Waals surface area contributed by atoms with Gasteiger partial charge in [-0.25, -0.2) is 8.42 Å². The van der Waals surface area contributed by atoms with Crippen LogP contribution in [0.1, 0.15) is 5.56 Å². The first-order chi connectivity index (χ1) is 9.45. The maximum atomic E-state index is 12.6. The molecule has 7 heteroatoms. The lowest BCUT2D eigenvalue weighted by Crippen LogP contribution is -2.49. The number of nitrogens with zero attached hydrogens (tertiary/aromatic N) is 2. The molecule has 0 aliphatic carbocycles. The van der Waals surface area contributed by atoms with E-state index in [0.29, 0.717) is 42.1 Å². The Balaban J connectivity index is 2.15. The predicted molar refractivity (Wildman–Crippen MR) is 81.2 cm³/mol. The van der Waals surface area contributed by atoms with Crippen LogP contribution in [0.25, 0.3) is 0 Å². The lowest BCUT2D eigenvalue weighted by atomic mass is 10.2. The Kier molecular flexibility index (Phi) is 5.19. The van der Waals surface area contributed by atoms with Crippen LogP contribution in [-0.2, 0) is 10.0 Å². The van der Waals surface area contributed by atoms with Crippen molar-refractivity contribution in [2.24, 2.45) is 0 Å². The molecule has 0 aromatic heterocycles. The van der Waals surface area contributed by atoms with E-state index in [1.165, 1.54) is 4.31 Å². The molecule has 112 valence electrons. The van der Waals surface area contributed by atoms with Gasteiger partial charge in [-0.2, -0.15) is 4.31 Å². The second-order valence-corrected chi connectivity index (χ2v) is 7.66. The molecule has 5 nitrogen and oxygen atoms in total. The van der Waals surface area contributed by atoms with Gasteiger partial charge >= 0.3 is 0 Å². The fourth-order valence-electron chi connectivity index (χ4n) is 2.29. The number of β-amino-alcohol motifs (C(OH)–C–C–N with tert-alkyl or cyclic N) is 1. The Morgan fingerprint density at radius 1 is 1.25 bits per heavy atom. The molecule has 1 N–H and O–H groups in total. The van der Waals surface area contributed by atoms with Crippen LogP contribution in [-0.4, -0.2) is 62.1 Å². The maximum Gasteiger partial charge on any atom is 0.244 e. The van der Waals surface area contributed by atoms with Crippen molar-refractivity contribution < 1.29 is 13.5 Å². The Labute approximate surface area is 128 Å². The van der Waals surface area contributed by atoms with Crippen molar-refractivity contribution in [3.05, 3.63) is 28.2 Å². The van der Waals surface area contributed by atoms with E-state index >= 15 is 0 Å². The van der Waals surface area contributed by atoms with Crippen molar-refractivity contribution >= 4 is 26.0 Å². The average molecular weight is 363 g/mol. The zero-order chi connectivity index (χ0) is 14.8. The molecule has 1 aromatic rings. The van der Waals surface area contributed by atoms with Crippen molar-refractivity contribution in [1.82, 2.24) is 9.21 Å². The summed E-state index contributed by atoms with van der Waals surface area (Å²) in [6.45, 7) is 4.87. The summed E-state index contributed by atoms with van der Waals surface area (Å²) < 4.78 is 27.3. The minimum atomic E-state index is -3.45. The van der Waals surface area contributed by atoms with E-state index in [1.54, 1.807) is 12.1 Å². The van der Waals surface area contributed by atoms with Gasteiger partial charge in [0.15, 0.2) is 0 Å². The molecule has 1 heterocycles. The molecule has 1 aliphatic rings. The fourth-order valence-corrected chi connectivity index (χ4v) is 4.86. The molecule has 0 bridgehead atoms. The maximum absolute atomic E-state index is 12.6. The molecule has 1 saturated heterocycles. The molecule has 0 unspecified atom stereocenters. The van der Waals surface area contributed by atoms with Gasteiger partial charge in [0.05, 0.1) is 11.5 Å². The summed E-state index contributed by atoms with van der Waals surface area (Å²) in [5.74, 6) is 0. The molecular formula is C13H19BrN2O3S. The second-order valence-electron chi connectivity index (χ2n) is 4.90. The van der Waals surface area contributed by atoms with E-state index in [9.17, 15) is 8.42 Å². The highest BCUT2D eigenvalue weighted by atomic mass is 79.9. The highest BCUT2D eigenvalue weighted by molar-refractivity contribution is 9.10. The van der Waals surface area contributed by atoms with Crippen LogP contribution in [0.4, 0.5) is 0 Å². The Bertz CT molecular complexity index is 569. The molecule has 0 spiro atoms. The summed E-state index contributed by atoms with van der Waals surface area (Å²) in [5, 5.41) is 8.90. The molecule has 1 aromatic carbocycles. The van der Waals surface area contributed by atoms with Gasteiger partial charge in [-0.05, 0) is 40.5 Å². The van der Waals surface area contributed by atoms with Gasteiger partial charge in [0.25, 0.3) is 0 Å². The van der Waals surface area contributed by atoms with E-state index in [-0.39, 0.29) is 6.61 Å². The fraction of sp³-hybridized carbons (Fsp3) is 0.538. The summed E-state index contributed by atoms with van der Waals surface area (Å²) in [4.78, 5) is 2.38. The number of aryl methyl sites for hydroxylation is 1. The van der Waals surface area contributed by atoms with Gasteiger partial charge < -0.3 is 5.11 Å². The van der Waals surface area contributed by atoms with Gasteiger partial charge in [-0.1, -0.05) is 6.07 Å². The van der Waals surface area contributed by atoms with E-state index in [2.05, 4.69) is 20.8 Å². The number of hydrogen-bond donors (Lipinski definition) is 1. The van der Waals surface area contributed by atoms with E-state index in [1.807, 2.05) is 13.0 Å². The lowest BCUT2D eigenvalue weighted by Gasteiger charge is -2.33. The Morgan fingerprint density at radius 3 is 2.45 bits per heavy atom. The average Bonchev–Trinajstić information content (AvgIpc) is 2.39. The highest BCUT2D eigenvalue weighted by Gasteiger charge is 2.29. The number of rotatable bonds is 4. The number of hydrogen-bond acceptors (Lipinski definition) is 4. The third-order valence-corrected chi connectivity index (χ3v) is 6.33. The summed E-state index contributed by atoms with van der Waals surface area (Å²) in [7, 11) is -3.45. The van der Waals surface area contributed by atoms with Crippen LogP contribution in [0.2, 0.25) is 0 Å². The number of aliphatic hydroxyl groups excluding tert-OH is 1. The third-order valence-electron chi connectivity index (χ3n) is 3.45. The smallest absolute Gasteiger partial charge is 0.244 e. The first kappa shape index (κ1) is 15.9. The van der Waals surface area contributed by atoms with E-state index in [4.69, 9.17) is 5.11 Å². The molecule has 0 saturated carbocycles. The zero-order valence-electron chi connectivity index (χ0n) is 11.4. The number of benzene rings is 1. The number of aliphatic hydroxyl groups is 1. The number of piperazine rings is 1. The lowest BCUT2D eigenvalue weighted by molar-refractivity contribution is 0.151. The first-order valence-electron chi connectivity index (χ1n) is 6.54. The van der Waals surface area contributed by atoms with Crippen LogP contribution < -0.4 is 0 Å². The van der Waals surface area contributed by atoms with Crippen molar-refractivity contribution in [2.45, 2.75) is 11.8 Å². The second kappa shape index (κ2) is 6.53. The van der Waals surface area contributed by atoms with Crippen LogP contribution in [0.3, 0.4) is 0 Å². The standard InChI is InChI=1S/C13H19BrN2O3S/c1-11-2-3-13(12(14)10-11)20(18,19)16-6-4-15(5-7-16)8-9-17/h2-3,10,17H,4-9H2,1H3. The minimum absolute atomic E-state index is 0.107. The Hall–Kier alpha value is -0.470. The minimum Gasteiger partial charge on any atom is -0.395 e. The van der Waals surface area contributed by atoms with Crippen molar-refractivity contribution in [3.8, 4) is 0 Å². The van der Waals surface area contributed by atoms with E-state index < -0.39 is 10.0 Å². The molecule has 1 aliphatic heterocycles. The summed E-state index contributed by atoms with van der Waals surface area (Å²) >= 11 is 3.34. The number of halogens is 1. The number of sulfonamides is 1. The van der Waals surface area contributed by atoms with Crippen molar-refractivity contribution in [3.63, 3.8) is 0 Å². The zero-order valence-corrected chi connectivity index (χ0v) is 13.8. The molecule has 0 atom stereocenters. The van der Waals surface area contributed by atoms with Crippen LogP contribution in [0.15, 0.2) is 27.6 Å². The third kappa shape index (κ3) is 3.40. The quantitative estimate of drug-likeness (QED) is 0.869. The van der Waals surface area contributed by atoms with Crippen molar-refractivity contribution in [1.29, 1.82) is 0 Å².